The van der Waals surface area contributed by atoms with E-state index in [1.165, 1.54) is 36.4 Å². The van der Waals surface area contributed by atoms with Gasteiger partial charge in [0.15, 0.2) is 5.69 Å². The third kappa shape index (κ3) is 2.20. The summed E-state index contributed by atoms with van der Waals surface area (Å²) in [5, 5.41) is 10.8. The lowest BCUT2D eigenvalue weighted by atomic mass is 10.1. The Morgan fingerprint density at radius 1 is 1.29 bits per heavy atom. The number of halogens is 1. The first-order valence-electron chi connectivity index (χ1n) is 4.75. The van der Waals surface area contributed by atoms with Crippen molar-refractivity contribution in [2.24, 2.45) is 0 Å². The molecular weight excluding hydrogens is 225 g/mol. The Morgan fingerprint density at radius 3 is 2.71 bits per heavy atom. The number of nitrogens with two attached hydrogens (primary N) is 1. The van der Waals surface area contributed by atoms with Gasteiger partial charge in [-0.05, 0) is 18.2 Å². The molecule has 0 aliphatic rings. The van der Waals surface area contributed by atoms with E-state index in [9.17, 15) is 14.5 Å². The van der Waals surface area contributed by atoms with Gasteiger partial charge in [-0.1, -0.05) is 12.1 Å². The SMILES string of the molecule is Nc1ccc([N+](=O)[O-])c(-c2cccc(F)c2)n1. The molecule has 0 unspecified atom stereocenters. The molecule has 1 aromatic heterocycles. The van der Waals surface area contributed by atoms with Gasteiger partial charge in [0, 0.05) is 11.6 Å². The summed E-state index contributed by atoms with van der Waals surface area (Å²) in [7, 11) is 0. The highest BCUT2D eigenvalue weighted by Crippen LogP contribution is 2.28. The molecule has 2 aromatic rings. The number of aromatic nitrogens is 1. The van der Waals surface area contributed by atoms with Crippen LogP contribution < -0.4 is 5.73 Å². The fourth-order valence-corrected chi connectivity index (χ4v) is 1.46. The maximum absolute atomic E-state index is 13.1. The van der Waals surface area contributed by atoms with Crippen molar-refractivity contribution < 1.29 is 9.31 Å². The van der Waals surface area contributed by atoms with E-state index in [0.717, 1.165) is 0 Å². The second kappa shape index (κ2) is 4.17. The zero-order valence-electron chi connectivity index (χ0n) is 8.63. The van der Waals surface area contributed by atoms with Crippen LogP contribution in [0.15, 0.2) is 36.4 Å². The molecule has 0 radical (unpaired) electrons. The molecule has 0 saturated heterocycles. The molecule has 0 fully saturated rings. The van der Waals surface area contributed by atoms with Crippen LogP contribution in [0.25, 0.3) is 11.3 Å². The molecule has 1 aromatic carbocycles. The molecule has 0 saturated carbocycles. The van der Waals surface area contributed by atoms with Crippen molar-refractivity contribution in [3.8, 4) is 11.3 Å². The Bertz CT molecular complexity index is 587. The number of pyridine rings is 1. The molecule has 5 nitrogen and oxygen atoms in total. The number of anilines is 1. The summed E-state index contributed by atoms with van der Waals surface area (Å²) in [5.41, 5.74) is 5.66. The van der Waals surface area contributed by atoms with Crippen molar-refractivity contribution >= 4 is 11.5 Å². The minimum Gasteiger partial charge on any atom is -0.384 e. The zero-order valence-corrected chi connectivity index (χ0v) is 8.63. The van der Waals surface area contributed by atoms with Crippen LogP contribution in [0.4, 0.5) is 15.9 Å². The fourth-order valence-electron chi connectivity index (χ4n) is 1.46. The summed E-state index contributed by atoms with van der Waals surface area (Å²) >= 11 is 0. The summed E-state index contributed by atoms with van der Waals surface area (Å²) in [5.74, 6) is -0.337. The van der Waals surface area contributed by atoms with E-state index in [-0.39, 0.29) is 17.2 Å². The van der Waals surface area contributed by atoms with Crippen LogP contribution in [0.3, 0.4) is 0 Å². The number of nitro groups is 1. The summed E-state index contributed by atoms with van der Waals surface area (Å²) in [6.45, 7) is 0. The monoisotopic (exact) mass is 233 g/mol. The van der Waals surface area contributed by atoms with Gasteiger partial charge in [0.1, 0.15) is 11.6 Å². The van der Waals surface area contributed by atoms with E-state index in [1.54, 1.807) is 0 Å². The zero-order chi connectivity index (χ0) is 12.4. The molecule has 0 atom stereocenters. The normalized spacial score (nSPS) is 10.2. The van der Waals surface area contributed by atoms with Gasteiger partial charge in [-0.25, -0.2) is 9.37 Å². The van der Waals surface area contributed by atoms with Crippen LogP contribution in [0.1, 0.15) is 0 Å². The molecule has 0 aliphatic heterocycles. The summed E-state index contributed by atoms with van der Waals surface area (Å²) < 4.78 is 13.1. The van der Waals surface area contributed by atoms with E-state index in [4.69, 9.17) is 5.73 Å². The van der Waals surface area contributed by atoms with Gasteiger partial charge in [0.25, 0.3) is 5.69 Å². The lowest BCUT2D eigenvalue weighted by Gasteiger charge is -2.03. The van der Waals surface area contributed by atoms with Crippen molar-refractivity contribution in [3.63, 3.8) is 0 Å². The average molecular weight is 233 g/mol. The quantitative estimate of drug-likeness (QED) is 0.637. The highest BCUT2D eigenvalue weighted by atomic mass is 19.1. The predicted molar refractivity (Wildman–Crippen MR) is 60.7 cm³/mol. The van der Waals surface area contributed by atoms with E-state index in [0.29, 0.717) is 5.56 Å². The number of nitrogens with zero attached hydrogens (tertiary/aromatic N) is 2. The Hall–Kier alpha value is -2.50. The average Bonchev–Trinajstić information content (AvgIpc) is 2.28. The van der Waals surface area contributed by atoms with Gasteiger partial charge in [-0.15, -0.1) is 0 Å². The molecular formula is C11H8FN3O2. The number of hydrogen-bond acceptors (Lipinski definition) is 4. The molecule has 1 heterocycles. The van der Waals surface area contributed by atoms with Crippen LogP contribution in [0.5, 0.6) is 0 Å². The smallest absolute Gasteiger partial charge is 0.295 e. The molecule has 6 heteroatoms. The van der Waals surface area contributed by atoms with Gasteiger partial charge in [0.05, 0.1) is 4.92 Å². The number of benzene rings is 1. The first kappa shape index (κ1) is 11.0. The molecule has 0 spiro atoms. The van der Waals surface area contributed by atoms with Crippen LogP contribution >= 0.6 is 0 Å². The Kier molecular flexibility index (Phi) is 2.70. The highest BCUT2D eigenvalue weighted by Gasteiger charge is 2.17. The van der Waals surface area contributed by atoms with E-state index >= 15 is 0 Å². The van der Waals surface area contributed by atoms with Crippen molar-refractivity contribution in [2.75, 3.05) is 5.73 Å². The number of nitrogen functional groups attached to an aromatic ring is 1. The molecule has 0 amide bonds. The van der Waals surface area contributed by atoms with Gasteiger partial charge in [-0.3, -0.25) is 10.1 Å². The Balaban J connectivity index is 2.65. The van der Waals surface area contributed by atoms with E-state index in [2.05, 4.69) is 4.98 Å². The Morgan fingerprint density at radius 2 is 2.06 bits per heavy atom. The fraction of sp³-hybridized carbons (Fsp3) is 0. The van der Waals surface area contributed by atoms with Crippen molar-refractivity contribution in [1.82, 2.24) is 4.98 Å². The topological polar surface area (TPSA) is 82.0 Å². The van der Waals surface area contributed by atoms with Crippen molar-refractivity contribution in [1.29, 1.82) is 0 Å². The lowest BCUT2D eigenvalue weighted by molar-refractivity contribution is -0.384. The minimum absolute atomic E-state index is 0.0644. The maximum Gasteiger partial charge on any atom is 0.295 e. The second-order valence-electron chi connectivity index (χ2n) is 3.37. The van der Waals surface area contributed by atoms with Crippen LogP contribution in [-0.4, -0.2) is 9.91 Å². The van der Waals surface area contributed by atoms with Crippen molar-refractivity contribution in [3.05, 3.63) is 52.3 Å². The third-order valence-corrected chi connectivity index (χ3v) is 2.19. The van der Waals surface area contributed by atoms with Gasteiger partial charge in [-0.2, -0.15) is 0 Å². The molecule has 2 rings (SSSR count). The second-order valence-corrected chi connectivity index (χ2v) is 3.37. The molecule has 2 N–H and O–H groups in total. The largest absolute Gasteiger partial charge is 0.384 e. The first-order valence-corrected chi connectivity index (χ1v) is 4.75. The number of hydrogen-bond donors (Lipinski definition) is 1. The minimum atomic E-state index is -0.577. The van der Waals surface area contributed by atoms with Crippen molar-refractivity contribution in [2.45, 2.75) is 0 Å². The predicted octanol–water partition coefficient (Wildman–Crippen LogP) is 2.38. The summed E-state index contributed by atoms with van der Waals surface area (Å²) in [6, 6.07) is 8.01. The highest BCUT2D eigenvalue weighted by molar-refractivity contribution is 5.70. The van der Waals surface area contributed by atoms with E-state index in [1.807, 2.05) is 0 Å². The van der Waals surface area contributed by atoms with Crippen LogP contribution in [-0.2, 0) is 0 Å². The van der Waals surface area contributed by atoms with Crippen LogP contribution in [0, 0.1) is 15.9 Å². The molecule has 17 heavy (non-hydrogen) atoms. The van der Waals surface area contributed by atoms with E-state index < -0.39 is 10.7 Å². The van der Waals surface area contributed by atoms with Gasteiger partial charge in [0.2, 0.25) is 0 Å². The standard InChI is InChI=1S/C11H8FN3O2/c12-8-3-1-2-7(6-8)11-9(15(16)17)4-5-10(13)14-11/h1-6H,(H2,13,14). The molecule has 0 bridgehead atoms. The maximum atomic E-state index is 13.1. The van der Waals surface area contributed by atoms with Crippen LogP contribution in [0.2, 0.25) is 0 Å². The first-order chi connectivity index (χ1) is 8.08. The molecule has 0 aliphatic carbocycles. The third-order valence-electron chi connectivity index (χ3n) is 2.19. The molecule has 86 valence electrons. The lowest BCUT2D eigenvalue weighted by Crippen LogP contribution is -1.98. The van der Waals surface area contributed by atoms with Gasteiger partial charge >= 0.3 is 0 Å². The summed E-state index contributed by atoms with van der Waals surface area (Å²) in [6.07, 6.45) is 0. The summed E-state index contributed by atoms with van der Waals surface area (Å²) in [4.78, 5) is 14.1. The Labute approximate surface area is 95.9 Å². The number of rotatable bonds is 2. The van der Waals surface area contributed by atoms with Gasteiger partial charge < -0.3 is 5.73 Å².